The van der Waals surface area contributed by atoms with Crippen LogP contribution in [0, 0.1) is 17.8 Å². The lowest BCUT2D eigenvalue weighted by atomic mass is 10.00. The van der Waals surface area contributed by atoms with Gasteiger partial charge in [0, 0.05) is 19.3 Å². The zero-order chi connectivity index (χ0) is 39.9. The Labute approximate surface area is 336 Å². The number of carbonyl (C=O) groups excluding carboxylic acids is 3. The van der Waals surface area contributed by atoms with Gasteiger partial charge in [-0.05, 0) is 37.0 Å². The van der Waals surface area contributed by atoms with Crippen LogP contribution in [0.4, 0.5) is 0 Å². The van der Waals surface area contributed by atoms with Crippen LogP contribution in [-0.2, 0) is 28.6 Å². The van der Waals surface area contributed by atoms with Gasteiger partial charge in [-0.3, -0.25) is 14.4 Å². The molecule has 0 fully saturated rings. The van der Waals surface area contributed by atoms with Gasteiger partial charge in [0.2, 0.25) is 0 Å². The number of hydrogen-bond acceptors (Lipinski definition) is 6. The van der Waals surface area contributed by atoms with E-state index in [1.807, 2.05) is 0 Å². The monoisotopic (exact) mass is 765 g/mol. The lowest BCUT2D eigenvalue weighted by Crippen LogP contribution is -2.30. The minimum Gasteiger partial charge on any atom is -0.462 e. The number of carbonyl (C=O) groups is 3. The topological polar surface area (TPSA) is 78.9 Å². The lowest BCUT2D eigenvalue weighted by Gasteiger charge is -2.18. The molecule has 0 bridgehead atoms. The first-order valence-corrected chi connectivity index (χ1v) is 23.6. The fourth-order valence-corrected chi connectivity index (χ4v) is 7.02. The van der Waals surface area contributed by atoms with Crippen LogP contribution in [-0.4, -0.2) is 37.2 Å². The maximum atomic E-state index is 12.7. The first-order valence-electron chi connectivity index (χ1n) is 23.6. The summed E-state index contributed by atoms with van der Waals surface area (Å²) in [4.78, 5) is 37.7. The van der Waals surface area contributed by atoms with Gasteiger partial charge in [-0.15, -0.1) is 0 Å². The number of hydrogen-bond donors (Lipinski definition) is 0. The molecular formula is C48H92O6. The summed E-state index contributed by atoms with van der Waals surface area (Å²) in [6, 6.07) is 0. The van der Waals surface area contributed by atoms with Crippen molar-refractivity contribution in [2.24, 2.45) is 17.8 Å². The van der Waals surface area contributed by atoms with Crippen molar-refractivity contribution < 1.29 is 28.6 Å². The maximum Gasteiger partial charge on any atom is 0.306 e. The van der Waals surface area contributed by atoms with E-state index in [1.54, 1.807) is 0 Å². The Kier molecular flexibility index (Phi) is 38.5. The number of rotatable bonds is 41. The van der Waals surface area contributed by atoms with Gasteiger partial charge in [0.1, 0.15) is 13.2 Å². The van der Waals surface area contributed by atoms with Gasteiger partial charge in [0.25, 0.3) is 0 Å². The van der Waals surface area contributed by atoms with E-state index < -0.39 is 6.10 Å². The normalized spacial score (nSPS) is 12.7. The van der Waals surface area contributed by atoms with Crippen LogP contribution < -0.4 is 0 Å². The van der Waals surface area contributed by atoms with Crippen LogP contribution in [0.15, 0.2) is 0 Å². The Morgan fingerprint density at radius 1 is 0.370 bits per heavy atom. The second kappa shape index (κ2) is 39.6. The summed E-state index contributed by atoms with van der Waals surface area (Å²) in [7, 11) is 0. The third-order valence-corrected chi connectivity index (χ3v) is 11.0. The summed E-state index contributed by atoms with van der Waals surface area (Å²) >= 11 is 0. The van der Waals surface area contributed by atoms with E-state index in [0.29, 0.717) is 19.3 Å². The zero-order valence-corrected chi connectivity index (χ0v) is 37.0. The van der Waals surface area contributed by atoms with Crippen molar-refractivity contribution >= 4 is 17.9 Å². The fraction of sp³-hybridized carbons (Fsp3) is 0.938. The Bertz CT molecular complexity index is 839. The van der Waals surface area contributed by atoms with E-state index in [-0.39, 0.29) is 31.1 Å². The number of unbranched alkanes of at least 4 members (excludes halogenated alkanes) is 23. The van der Waals surface area contributed by atoms with Crippen molar-refractivity contribution in [3.05, 3.63) is 0 Å². The van der Waals surface area contributed by atoms with Crippen LogP contribution >= 0.6 is 0 Å². The minimum absolute atomic E-state index is 0.0665. The molecule has 0 rings (SSSR count). The maximum absolute atomic E-state index is 12.7. The summed E-state index contributed by atoms with van der Waals surface area (Å²) in [5, 5.41) is 0. The molecule has 0 saturated carbocycles. The highest BCUT2D eigenvalue weighted by Crippen LogP contribution is 2.17. The molecule has 0 aromatic carbocycles. The van der Waals surface area contributed by atoms with E-state index >= 15 is 0 Å². The molecule has 0 spiro atoms. The highest BCUT2D eigenvalue weighted by molar-refractivity contribution is 5.71. The van der Waals surface area contributed by atoms with Crippen molar-refractivity contribution in [2.75, 3.05) is 13.2 Å². The minimum atomic E-state index is -0.762. The highest BCUT2D eigenvalue weighted by Gasteiger charge is 2.19. The van der Waals surface area contributed by atoms with Crippen LogP contribution in [0.3, 0.4) is 0 Å². The smallest absolute Gasteiger partial charge is 0.306 e. The molecule has 0 aromatic heterocycles. The standard InChI is InChI=1S/C48H92O6/c1-7-44(6)36-30-24-20-21-27-33-39-48(51)54-45(41-53-47(50)38-32-26-19-15-14-17-23-29-35-43(4)5)40-52-46(49)37-31-25-18-13-11-9-8-10-12-16-22-28-34-42(2)3/h42-45H,7-41H2,1-6H3/t44?,45-/m0/s1. The SMILES string of the molecule is CCC(C)CCCCCCCCC(=O)O[C@@H](COC(=O)CCCCCCCCCCCCCCC(C)C)COC(=O)CCCCCCCCCCC(C)C. The van der Waals surface area contributed by atoms with Crippen LogP contribution in [0.1, 0.15) is 253 Å². The molecule has 6 nitrogen and oxygen atoms in total. The summed E-state index contributed by atoms with van der Waals surface area (Å²) in [6.07, 6.45) is 36.7. The average molecular weight is 765 g/mol. The zero-order valence-electron chi connectivity index (χ0n) is 37.0. The predicted octanol–water partition coefficient (Wildman–Crippen LogP) is 14.8. The van der Waals surface area contributed by atoms with Crippen LogP contribution in [0.25, 0.3) is 0 Å². The Morgan fingerprint density at radius 2 is 0.648 bits per heavy atom. The molecule has 0 radical (unpaired) electrons. The molecule has 0 aliphatic rings. The first-order chi connectivity index (χ1) is 26.1. The average Bonchev–Trinajstić information content (AvgIpc) is 3.14. The highest BCUT2D eigenvalue weighted by atomic mass is 16.6. The third-order valence-electron chi connectivity index (χ3n) is 11.0. The molecule has 6 heteroatoms. The second-order valence-electron chi connectivity index (χ2n) is 17.6. The van der Waals surface area contributed by atoms with Crippen molar-refractivity contribution in [2.45, 2.75) is 260 Å². The van der Waals surface area contributed by atoms with E-state index in [9.17, 15) is 14.4 Å². The van der Waals surface area contributed by atoms with E-state index in [1.165, 1.54) is 135 Å². The Morgan fingerprint density at radius 3 is 0.963 bits per heavy atom. The van der Waals surface area contributed by atoms with E-state index in [0.717, 1.165) is 75.5 Å². The summed E-state index contributed by atoms with van der Waals surface area (Å²) in [5.41, 5.74) is 0. The van der Waals surface area contributed by atoms with Gasteiger partial charge in [0.15, 0.2) is 6.10 Å². The molecule has 0 N–H and O–H groups in total. The summed E-state index contributed by atoms with van der Waals surface area (Å²) in [6.45, 7) is 13.6. The van der Waals surface area contributed by atoms with E-state index in [4.69, 9.17) is 14.2 Å². The Hall–Kier alpha value is -1.59. The van der Waals surface area contributed by atoms with Gasteiger partial charge in [0.05, 0.1) is 0 Å². The van der Waals surface area contributed by atoms with Gasteiger partial charge in [-0.1, -0.05) is 215 Å². The third kappa shape index (κ3) is 40.1. The molecule has 0 heterocycles. The molecule has 0 aliphatic carbocycles. The van der Waals surface area contributed by atoms with Gasteiger partial charge in [-0.25, -0.2) is 0 Å². The lowest BCUT2D eigenvalue weighted by molar-refractivity contribution is -0.167. The molecular weight excluding hydrogens is 673 g/mol. The largest absolute Gasteiger partial charge is 0.462 e. The molecule has 320 valence electrons. The molecule has 1 unspecified atom stereocenters. The number of esters is 3. The summed E-state index contributed by atoms with van der Waals surface area (Å²) in [5.74, 6) is 1.58. The fourth-order valence-electron chi connectivity index (χ4n) is 7.02. The van der Waals surface area contributed by atoms with Crippen molar-refractivity contribution in [3.8, 4) is 0 Å². The number of ether oxygens (including phenoxy) is 3. The van der Waals surface area contributed by atoms with Gasteiger partial charge in [-0.2, -0.15) is 0 Å². The molecule has 0 aliphatic heterocycles. The van der Waals surface area contributed by atoms with Crippen molar-refractivity contribution in [3.63, 3.8) is 0 Å². The van der Waals surface area contributed by atoms with E-state index in [2.05, 4.69) is 41.5 Å². The van der Waals surface area contributed by atoms with Crippen LogP contribution in [0.2, 0.25) is 0 Å². The summed E-state index contributed by atoms with van der Waals surface area (Å²) < 4.78 is 16.7. The van der Waals surface area contributed by atoms with Crippen molar-refractivity contribution in [1.82, 2.24) is 0 Å². The molecule has 0 aromatic rings. The first kappa shape index (κ1) is 52.4. The second-order valence-corrected chi connectivity index (χ2v) is 17.6. The quantitative estimate of drug-likeness (QED) is 0.0350. The van der Waals surface area contributed by atoms with Crippen LogP contribution in [0.5, 0.6) is 0 Å². The molecule has 2 atom stereocenters. The molecule has 0 saturated heterocycles. The van der Waals surface area contributed by atoms with Crippen molar-refractivity contribution in [1.29, 1.82) is 0 Å². The Balaban J connectivity index is 4.31. The van der Waals surface area contributed by atoms with Gasteiger partial charge < -0.3 is 14.2 Å². The van der Waals surface area contributed by atoms with Gasteiger partial charge >= 0.3 is 17.9 Å². The molecule has 54 heavy (non-hydrogen) atoms. The molecule has 0 amide bonds. The predicted molar refractivity (Wildman–Crippen MR) is 229 cm³/mol.